The molecule has 6 nitrogen and oxygen atoms in total. The summed E-state index contributed by atoms with van der Waals surface area (Å²) in [6, 6.07) is 3.63. The van der Waals surface area contributed by atoms with Crippen molar-refractivity contribution in [2.45, 2.75) is 56.0 Å². The Balaban J connectivity index is 1.59. The number of likely N-dealkylation sites (tertiary alicyclic amines) is 1. The second-order valence-electron chi connectivity index (χ2n) is 8.23. The van der Waals surface area contributed by atoms with E-state index in [-0.39, 0.29) is 17.9 Å². The Morgan fingerprint density at radius 2 is 2.10 bits per heavy atom. The van der Waals surface area contributed by atoms with E-state index in [4.69, 9.17) is 4.74 Å². The minimum Gasteiger partial charge on any atom is -0.368 e. The second kappa shape index (κ2) is 7.91. The van der Waals surface area contributed by atoms with Gasteiger partial charge in [-0.2, -0.15) is 0 Å². The number of sulfonamides is 1. The molecule has 1 amide bonds. The number of halogens is 2. The average molecular weight is 438 g/mol. The minimum absolute atomic E-state index is 0.0993. The monoisotopic (exact) mass is 438 g/mol. The highest BCUT2D eigenvalue weighted by atomic mass is 32.2. The number of nitrogens with one attached hydrogen (secondary N) is 1. The zero-order chi connectivity index (χ0) is 21.5. The quantitative estimate of drug-likeness (QED) is 0.708. The second-order valence-corrected chi connectivity index (χ2v) is 10.0. The molecule has 2 unspecified atom stereocenters. The third kappa shape index (κ3) is 4.66. The van der Waals surface area contributed by atoms with Gasteiger partial charge >= 0.3 is 0 Å². The number of benzene rings is 1. The number of nitrogens with zero attached hydrogens (tertiary/aromatic N) is 1. The third-order valence-corrected chi connectivity index (χ3v) is 6.52. The van der Waals surface area contributed by atoms with Gasteiger partial charge in [-0.1, -0.05) is 24.0 Å². The van der Waals surface area contributed by atoms with Crippen molar-refractivity contribution >= 4 is 15.9 Å². The van der Waals surface area contributed by atoms with Gasteiger partial charge < -0.3 is 9.64 Å². The predicted octanol–water partition coefficient (Wildman–Crippen LogP) is 1.53. The summed E-state index contributed by atoms with van der Waals surface area (Å²) in [7, 11) is -3.51. The lowest BCUT2D eigenvalue weighted by molar-refractivity contribution is -0.157. The summed E-state index contributed by atoms with van der Waals surface area (Å²) in [6.45, 7) is 0.882. The standard InChI is InChI=1S/C21H24F2N2O4S/c1-30(27,28)24-16-6-11-25(20(26)18-7-12-29-18)17(16)13-15-4-2-3-14(19(15)22)5-8-21(23)9-10-21/h2-4,16-18,24H,6-7,9-13H2,1H3/t16?,17?,18-/m1/s1. The first kappa shape index (κ1) is 21.2. The summed E-state index contributed by atoms with van der Waals surface area (Å²) >= 11 is 0. The van der Waals surface area contributed by atoms with E-state index in [2.05, 4.69) is 16.6 Å². The molecule has 2 aliphatic heterocycles. The van der Waals surface area contributed by atoms with Gasteiger partial charge in [0.15, 0.2) is 5.67 Å². The molecule has 3 aliphatic rings. The largest absolute Gasteiger partial charge is 0.368 e. The maximum Gasteiger partial charge on any atom is 0.252 e. The highest BCUT2D eigenvalue weighted by Gasteiger charge is 2.43. The lowest BCUT2D eigenvalue weighted by Gasteiger charge is -2.34. The molecule has 1 aromatic carbocycles. The van der Waals surface area contributed by atoms with Crippen molar-refractivity contribution in [1.82, 2.24) is 9.62 Å². The molecular formula is C21H24F2N2O4S. The lowest BCUT2D eigenvalue weighted by Crippen LogP contribution is -2.52. The number of carbonyl (C=O) groups excluding carboxylic acids is 1. The van der Waals surface area contributed by atoms with Crippen LogP contribution in [0.25, 0.3) is 0 Å². The number of hydrogen-bond donors (Lipinski definition) is 1. The molecule has 3 atom stereocenters. The van der Waals surface area contributed by atoms with Gasteiger partial charge in [0, 0.05) is 19.0 Å². The van der Waals surface area contributed by atoms with Crippen molar-refractivity contribution in [1.29, 1.82) is 0 Å². The molecule has 162 valence electrons. The van der Waals surface area contributed by atoms with Crippen molar-refractivity contribution in [2.75, 3.05) is 19.4 Å². The average Bonchev–Trinajstić information content (AvgIpc) is 3.23. The molecular weight excluding hydrogens is 414 g/mol. The highest BCUT2D eigenvalue weighted by Crippen LogP contribution is 2.39. The maximum absolute atomic E-state index is 15.1. The van der Waals surface area contributed by atoms with Gasteiger partial charge in [0.05, 0.1) is 24.5 Å². The summed E-state index contributed by atoms with van der Waals surface area (Å²) in [5, 5.41) is 0. The van der Waals surface area contributed by atoms with Crippen molar-refractivity contribution < 1.29 is 26.7 Å². The number of alkyl halides is 1. The van der Waals surface area contributed by atoms with E-state index < -0.39 is 39.7 Å². The van der Waals surface area contributed by atoms with Crippen LogP contribution in [0.3, 0.4) is 0 Å². The van der Waals surface area contributed by atoms with E-state index in [0.717, 1.165) is 6.26 Å². The smallest absolute Gasteiger partial charge is 0.252 e. The predicted molar refractivity (Wildman–Crippen MR) is 106 cm³/mol. The maximum atomic E-state index is 15.1. The molecule has 9 heteroatoms. The molecule has 4 rings (SSSR count). The summed E-state index contributed by atoms with van der Waals surface area (Å²) in [6.07, 6.45) is 2.44. The Hall–Kier alpha value is -2.02. The third-order valence-electron chi connectivity index (χ3n) is 5.79. The zero-order valence-corrected chi connectivity index (χ0v) is 17.5. The van der Waals surface area contributed by atoms with Crippen LogP contribution < -0.4 is 4.72 Å². The van der Waals surface area contributed by atoms with E-state index in [1.54, 1.807) is 17.0 Å². The topological polar surface area (TPSA) is 75.7 Å². The van der Waals surface area contributed by atoms with Gasteiger partial charge in [-0.25, -0.2) is 21.9 Å². The molecule has 0 aromatic heterocycles. The Morgan fingerprint density at radius 1 is 1.37 bits per heavy atom. The van der Waals surface area contributed by atoms with Crippen LogP contribution in [0.15, 0.2) is 18.2 Å². The fourth-order valence-corrected chi connectivity index (χ4v) is 4.71. The van der Waals surface area contributed by atoms with Gasteiger partial charge in [0.1, 0.15) is 11.9 Å². The van der Waals surface area contributed by atoms with Crippen LogP contribution in [0.2, 0.25) is 0 Å². The molecule has 3 fully saturated rings. The Labute approximate surface area is 175 Å². The van der Waals surface area contributed by atoms with E-state index in [0.29, 0.717) is 44.4 Å². The Bertz CT molecular complexity index is 1010. The fourth-order valence-electron chi connectivity index (χ4n) is 3.88. The van der Waals surface area contributed by atoms with Gasteiger partial charge in [-0.3, -0.25) is 4.79 Å². The van der Waals surface area contributed by atoms with Gasteiger partial charge in [-0.05, 0) is 37.3 Å². The zero-order valence-electron chi connectivity index (χ0n) is 16.7. The number of carbonyl (C=O) groups is 1. The van der Waals surface area contributed by atoms with Crippen LogP contribution in [-0.2, 0) is 26.0 Å². The number of hydrogen-bond acceptors (Lipinski definition) is 4. The first-order valence-electron chi connectivity index (χ1n) is 10.0. The first-order valence-corrected chi connectivity index (χ1v) is 11.9. The summed E-state index contributed by atoms with van der Waals surface area (Å²) in [5.41, 5.74) is -1.10. The Morgan fingerprint density at radius 3 is 2.70 bits per heavy atom. The van der Waals surface area contributed by atoms with Crippen LogP contribution >= 0.6 is 0 Å². The van der Waals surface area contributed by atoms with E-state index in [1.165, 1.54) is 6.07 Å². The summed E-state index contributed by atoms with van der Waals surface area (Å²) in [5.74, 6) is 4.30. The normalized spacial score (nSPS) is 27.2. The number of rotatable bonds is 5. The molecule has 1 saturated carbocycles. The van der Waals surface area contributed by atoms with Crippen molar-refractivity contribution in [3.8, 4) is 11.8 Å². The number of amides is 1. The molecule has 0 spiro atoms. The molecule has 1 aromatic rings. The molecule has 2 heterocycles. The van der Waals surface area contributed by atoms with Crippen LogP contribution in [0.4, 0.5) is 8.78 Å². The van der Waals surface area contributed by atoms with E-state index >= 15 is 4.39 Å². The van der Waals surface area contributed by atoms with Gasteiger partial charge in [-0.15, -0.1) is 0 Å². The van der Waals surface area contributed by atoms with Crippen LogP contribution in [0, 0.1) is 17.7 Å². The molecule has 30 heavy (non-hydrogen) atoms. The number of ether oxygens (including phenoxy) is 1. The van der Waals surface area contributed by atoms with Gasteiger partial charge in [0.2, 0.25) is 10.0 Å². The molecule has 1 aliphatic carbocycles. The highest BCUT2D eigenvalue weighted by molar-refractivity contribution is 7.88. The van der Waals surface area contributed by atoms with Crippen LogP contribution in [0.5, 0.6) is 0 Å². The van der Waals surface area contributed by atoms with Crippen molar-refractivity contribution in [3.05, 3.63) is 35.1 Å². The minimum atomic E-state index is -3.51. The first-order chi connectivity index (χ1) is 14.2. The SMILES string of the molecule is CS(=O)(=O)NC1CCN(C(=O)[C@H]2CCO2)C1Cc1cccc(C#CC2(F)CC2)c1F. The Kier molecular flexibility index (Phi) is 5.60. The lowest BCUT2D eigenvalue weighted by atomic mass is 9.98. The van der Waals surface area contributed by atoms with Crippen LogP contribution in [0.1, 0.15) is 36.8 Å². The fraction of sp³-hybridized carbons (Fsp3) is 0.571. The van der Waals surface area contributed by atoms with E-state index in [9.17, 15) is 17.6 Å². The van der Waals surface area contributed by atoms with Crippen molar-refractivity contribution in [3.63, 3.8) is 0 Å². The molecule has 1 N–H and O–H groups in total. The summed E-state index contributed by atoms with van der Waals surface area (Å²) < 4.78 is 60.3. The van der Waals surface area contributed by atoms with E-state index in [1.807, 2.05) is 0 Å². The van der Waals surface area contributed by atoms with Crippen molar-refractivity contribution in [2.24, 2.45) is 0 Å². The molecule has 0 bridgehead atoms. The van der Waals surface area contributed by atoms with Crippen LogP contribution in [-0.4, -0.2) is 62.5 Å². The molecule has 0 radical (unpaired) electrons. The van der Waals surface area contributed by atoms with Gasteiger partial charge in [0.25, 0.3) is 5.91 Å². The molecule has 2 saturated heterocycles. The summed E-state index contributed by atoms with van der Waals surface area (Å²) in [4.78, 5) is 14.4.